The maximum Gasteiger partial charge on any atom is 0.280 e. The van der Waals surface area contributed by atoms with Gasteiger partial charge >= 0.3 is 0 Å². The minimum atomic E-state index is -2.66. The largest absolute Gasteiger partial charge is 0.396 e. The molecule has 8 heteroatoms. The van der Waals surface area contributed by atoms with Gasteiger partial charge in [0.1, 0.15) is 5.69 Å². The van der Waals surface area contributed by atoms with Crippen LogP contribution >= 0.6 is 11.8 Å². The summed E-state index contributed by atoms with van der Waals surface area (Å²) in [6.45, 7) is 0. The molecule has 116 valence electrons. The van der Waals surface area contributed by atoms with Gasteiger partial charge in [0.25, 0.3) is 6.43 Å². The Balaban J connectivity index is 2.30. The Hall–Kier alpha value is -2.35. The molecule has 1 aromatic heterocycles. The third-order valence-electron chi connectivity index (χ3n) is 2.85. The smallest absolute Gasteiger partial charge is 0.280 e. The van der Waals surface area contributed by atoms with Gasteiger partial charge in [-0.1, -0.05) is 0 Å². The highest BCUT2D eigenvalue weighted by Crippen LogP contribution is 2.31. The maximum atomic E-state index is 12.7. The number of thioether (sulfide) groups is 1. The van der Waals surface area contributed by atoms with Crippen molar-refractivity contribution in [3.8, 4) is 0 Å². The number of benzene rings is 1. The lowest BCUT2D eigenvalue weighted by Crippen LogP contribution is -2.03. The fourth-order valence-electron chi connectivity index (χ4n) is 1.80. The van der Waals surface area contributed by atoms with E-state index in [1.165, 1.54) is 23.9 Å². The first-order valence-electron chi connectivity index (χ1n) is 6.25. The maximum absolute atomic E-state index is 12.7. The summed E-state index contributed by atoms with van der Waals surface area (Å²) in [5.41, 5.74) is 6.97. The van der Waals surface area contributed by atoms with Crippen molar-refractivity contribution in [2.45, 2.75) is 11.3 Å². The summed E-state index contributed by atoms with van der Waals surface area (Å²) in [6, 6.07) is 7.74. The number of nitrogens with zero attached hydrogens (tertiary/aromatic N) is 1. The van der Waals surface area contributed by atoms with Crippen LogP contribution in [0.2, 0.25) is 0 Å². The topological polar surface area (TPSA) is 80.0 Å². The Kier molecular flexibility index (Phi) is 5.16. The van der Waals surface area contributed by atoms with Gasteiger partial charge in [-0.25, -0.2) is 13.8 Å². The molecule has 22 heavy (non-hydrogen) atoms. The molecule has 0 spiro atoms. The summed E-state index contributed by atoms with van der Waals surface area (Å²) < 4.78 is 25.4. The second kappa shape index (κ2) is 7.08. The monoisotopic (exact) mass is 324 g/mol. The third-order valence-corrected chi connectivity index (χ3v) is 3.63. The molecule has 0 unspecified atom stereocenters. The molecule has 0 saturated heterocycles. The molecule has 0 atom stereocenters. The van der Waals surface area contributed by atoms with E-state index in [0.717, 1.165) is 4.90 Å². The second-order valence-corrected chi connectivity index (χ2v) is 5.12. The number of amides is 1. The number of rotatable bonds is 6. The number of alkyl halides is 2. The van der Waals surface area contributed by atoms with Gasteiger partial charge in [-0.15, -0.1) is 11.8 Å². The molecule has 0 aliphatic heterocycles. The van der Waals surface area contributed by atoms with E-state index in [1.54, 1.807) is 18.2 Å². The molecular formula is C14H14F2N4OS. The minimum absolute atomic E-state index is 0.168. The summed E-state index contributed by atoms with van der Waals surface area (Å²) in [5, 5.41) is 5.50. The molecule has 0 aliphatic rings. The lowest BCUT2D eigenvalue weighted by atomic mass is 10.2. The number of aromatic nitrogens is 1. The van der Waals surface area contributed by atoms with Gasteiger partial charge in [-0.05, 0) is 36.6 Å². The Morgan fingerprint density at radius 2 is 2.09 bits per heavy atom. The van der Waals surface area contributed by atoms with Gasteiger partial charge in [0.15, 0.2) is 5.82 Å². The van der Waals surface area contributed by atoms with E-state index >= 15 is 0 Å². The van der Waals surface area contributed by atoms with Crippen molar-refractivity contribution in [3.05, 3.63) is 36.0 Å². The Morgan fingerprint density at radius 3 is 2.73 bits per heavy atom. The van der Waals surface area contributed by atoms with Crippen LogP contribution in [0.5, 0.6) is 0 Å². The van der Waals surface area contributed by atoms with Gasteiger partial charge in [0.05, 0.1) is 11.4 Å². The van der Waals surface area contributed by atoms with Gasteiger partial charge in [0, 0.05) is 10.6 Å². The first-order chi connectivity index (χ1) is 10.5. The number of hydrogen-bond acceptors (Lipinski definition) is 5. The van der Waals surface area contributed by atoms with E-state index in [-0.39, 0.29) is 17.2 Å². The molecule has 5 nitrogen and oxygen atoms in total. The molecule has 1 heterocycles. The predicted molar refractivity (Wildman–Crippen MR) is 84.8 cm³/mol. The molecule has 2 aromatic rings. The highest BCUT2D eigenvalue weighted by Gasteiger charge is 2.12. The number of anilines is 4. The SMILES string of the molecule is CSc1cc(Nc2nc(C(F)F)ccc2N)ccc1NC=O. The zero-order valence-corrected chi connectivity index (χ0v) is 12.5. The number of halogens is 2. The Labute approximate surface area is 130 Å². The van der Waals surface area contributed by atoms with Crippen molar-refractivity contribution < 1.29 is 13.6 Å². The van der Waals surface area contributed by atoms with Gasteiger partial charge in [-0.2, -0.15) is 0 Å². The van der Waals surface area contributed by atoms with Gasteiger partial charge < -0.3 is 16.4 Å². The molecule has 1 aromatic carbocycles. The van der Waals surface area contributed by atoms with Gasteiger partial charge in [-0.3, -0.25) is 4.79 Å². The van der Waals surface area contributed by atoms with E-state index in [1.807, 2.05) is 6.26 Å². The lowest BCUT2D eigenvalue weighted by Gasteiger charge is -2.12. The quantitative estimate of drug-likeness (QED) is 0.558. The zero-order valence-electron chi connectivity index (χ0n) is 11.6. The molecule has 0 radical (unpaired) electrons. The van der Waals surface area contributed by atoms with Crippen molar-refractivity contribution >= 4 is 41.1 Å². The average molecular weight is 324 g/mol. The van der Waals surface area contributed by atoms with E-state index in [4.69, 9.17) is 5.73 Å². The molecule has 0 aliphatic carbocycles. The van der Waals surface area contributed by atoms with Gasteiger partial charge in [0.2, 0.25) is 6.41 Å². The molecule has 0 bridgehead atoms. The van der Waals surface area contributed by atoms with Crippen LogP contribution in [0, 0.1) is 0 Å². The van der Waals surface area contributed by atoms with Crippen molar-refractivity contribution in [1.82, 2.24) is 4.98 Å². The van der Waals surface area contributed by atoms with Crippen LogP contribution in [-0.2, 0) is 4.79 Å². The predicted octanol–water partition coefficient (Wildman–Crippen LogP) is 3.64. The fraction of sp³-hybridized carbons (Fsp3) is 0.143. The van der Waals surface area contributed by atoms with Crippen LogP contribution in [-0.4, -0.2) is 17.6 Å². The number of carbonyl (C=O) groups excluding carboxylic acids is 1. The lowest BCUT2D eigenvalue weighted by molar-refractivity contribution is -0.105. The van der Waals surface area contributed by atoms with Crippen LogP contribution in [0.3, 0.4) is 0 Å². The molecule has 1 amide bonds. The van der Waals surface area contributed by atoms with E-state index in [0.29, 0.717) is 17.8 Å². The van der Waals surface area contributed by atoms with Crippen LogP contribution < -0.4 is 16.4 Å². The van der Waals surface area contributed by atoms with Crippen LogP contribution in [0.15, 0.2) is 35.2 Å². The Bertz CT molecular complexity index is 682. The summed E-state index contributed by atoms with van der Waals surface area (Å²) in [6.07, 6.45) is -0.213. The van der Waals surface area contributed by atoms with Crippen LogP contribution in [0.1, 0.15) is 12.1 Å². The summed E-state index contributed by atoms with van der Waals surface area (Å²) in [7, 11) is 0. The van der Waals surface area contributed by atoms with Crippen molar-refractivity contribution in [1.29, 1.82) is 0 Å². The number of nitrogens with two attached hydrogens (primary N) is 1. The number of pyridine rings is 1. The highest BCUT2D eigenvalue weighted by atomic mass is 32.2. The summed E-state index contributed by atoms with van der Waals surface area (Å²) >= 11 is 1.44. The zero-order chi connectivity index (χ0) is 16.1. The minimum Gasteiger partial charge on any atom is -0.396 e. The second-order valence-electron chi connectivity index (χ2n) is 4.28. The molecule has 4 N–H and O–H groups in total. The van der Waals surface area contributed by atoms with Crippen molar-refractivity contribution in [3.63, 3.8) is 0 Å². The van der Waals surface area contributed by atoms with Crippen molar-refractivity contribution in [2.75, 3.05) is 22.6 Å². The van der Waals surface area contributed by atoms with Crippen molar-refractivity contribution in [2.24, 2.45) is 0 Å². The molecule has 0 fully saturated rings. The summed E-state index contributed by atoms with van der Waals surface area (Å²) in [5.74, 6) is 0.168. The first-order valence-corrected chi connectivity index (χ1v) is 7.47. The normalized spacial score (nSPS) is 10.5. The van der Waals surface area contributed by atoms with E-state index < -0.39 is 6.43 Å². The molecule has 0 saturated carbocycles. The third kappa shape index (κ3) is 3.64. The number of carbonyl (C=O) groups is 1. The first kappa shape index (κ1) is 16.0. The highest BCUT2D eigenvalue weighted by molar-refractivity contribution is 7.98. The fourth-order valence-corrected chi connectivity index (χ4v) is 2.39. The molecular weight excluding hydrogens is 310 g/mol. The van der Waals surface area contributed by atoms with Crippen LogP contribution in [0.4, 0.5) is 31.7 Å². The number of nitrogens with one attached hydrogen (secondary N) is 2. The average Bonchev–Trinajstić information content (AvgIpc) is 2.50. The summed E-state index contributed by atoms with van der Waals surface area (Å²) in [4.78, 5) is 15.2. The van der Waals surface area contributed by atoms with Crippen LogP contribution in [0.25, 0.3) is 0 Å². The number of nitrogen functional groups attached to an aromatic ring is 1. The van der Waals surface area contributed by atoms with E-state index in [9.17, 15) is 13.6 Å². The molecule has 2 rings (SSSR count). The number of hydrogen-bond donors (Lipinski definition) is 3. The van der Waals surface area contributed by atoms with E-state index in [2.05, 4.69) is 15.6 Å². The Morgan fingerprint density at radius 1 is 1.32 bits per heavy atom. The standard InChI is InChI=1S/C14H14F2N4OS/c1-22-12-6-8(2-4-10(12)18-7-21)19-14-9(17)3-5-11(20-14)13(15)16/h2-7,13H,17H2,1H3,(H,18,21)(H,19,20).